The van der Waals surface area contributed by atoms with Crippen LogP contribution in [0.1, 0.15) is 31.7 Å². The molecule has 0 aromatic heterocycles. The van der Waals surface area contributed by atoms with Crippen LogP contribution in [0.4, 0.5) is 5.69 Å². The van der Waals surface area contributed by atoms with E-state index in [2.05, 4.69) is 0 Å². The molecular formula is C20H26N2O5S. The topological polar surface area (TPSA) is 89.8 Å². The first kappa shape index (κ1) is 21.8. The highest BCUT2D eigenvalue weighted by molar-refractivity contribution is 7.89. The van der Waals surface area contributed by atoms with Crippen LogP contribution in [-0.2, 0) is 16.4 Å². The average Bonchev–Trinajstić information content (AvgIpc) is 2.70. The molecule has 0 atom stereocenters. The normalized spacial score (nSPS) is 11.5. The van der Waals surface area contributed by atoms with Crippen molar-refractivity contribution in [3.63, 3.8) is 0 Å². The van der Waals surface area contributed by atoms with Gasteiger partial charge in [0.05, 0.1) is 16.9 Å². The van der Waals surface area contributed by atoms with Crippen LogP contribution in [0.2, 0.25) is 0 Å². The Morgan fingerprint density at radius 2 is 1.75 bits per heavy atom. The van der Waals surface area contributed by atoms with Crippen LogP contribution in [0.25, 0.3) is 0 Å². The Morgan fingerprint density at radius 1 is 1.07 bits per heavy atom. The zero-order valence-corrected chi connectivity index (χ0v) is 17.0. The lowest BCUT2D eigenvalue weighted by molar-refractivity contribution is -0.386. The molecule has 0 amide bonds. The van der Waals surface area contributed by atoms with E-state index in [0.717, 1.165) is 30.9 Å². The Hall–Kier alpha value is -2.45. The molecule has 0 aliphatic carbocycles. The van der Waals surface area contributed by atoms with E-state index in [1.807, 2.05) is 37.3 Å². The first-order chi connectivity index (χ1) is 13.4. The number of ether oxygens (including phenoxy) is 1. The second-order valence-electron chi connectivity index (χ2n) is 6.44. The molecule has 0 aliphatic heterocycles. The number of benzene rings is 2. The van der Waals surface area contributed by atoms with Gasteiger partial charge in [0.25, 0.3) is 0 Å². The van der Waals surface area contributed by atoms with Crippen molar-refractivity contribution < 1.29 is 18.1 Å². The SMILES string of the molecule is CCCCN(CCCc1ccccc1)S(=O)(=O)c1ccc(OC)c([N+](=O)[O-])c1. The summed E-state index contributed by atoms with van der Waals surface area (Å²) < 4.78 is 32.6. The van der Waals surface area contributed by atoms with E-state index in [9.17, 15) is 18.5 Å². The molecule has 8 heteroatoms. The van der Waals surface area contributed by atoms with Crippen molar-refractivity contribution in [1.29, 1.82) is 0 Å². The molecule has 0 aliphatic rings. The summed E-state index contributed by atoms with van der Waals surface area (Å²) in [6.07, 6.45) is 3.02. The van der Waals surface area contributed by atoms with Gasteiger partial charge in [0.2, 0.25) is 10.0 Å². The van der Waals surface area contributed by atoms with Gasteiger partial charge in [0.1, 0.15) is 0 Å². The summed E-state index contributed by atoms with van der Waals surface area (Å²) in [6, 6.07) is 13.6. The maximum atomic E-state index is 13.1. The predicted octanol–water partition coefficient (Wildman–Crippen LogP) is 4.03. The van der Waals surface area contributed by atoms with Crippen LogP contribution in [0.15, 0.2) is 53.4 Å². The maximum Gasteiger partial charge on any atom is 0.312 e. The lowest BCUT2D eigenvalue weighted by Gasteiger charge is -2.22. The molecule has 2 aromatic rings. The number of nitro groups is 1. The first-order valence-corrected chi connectivity index (χ1v) is 10.7. The van der Waals surface area contributed by atoms with Gasteiger partial charge in [-0.2, -0.15) is 4.31 Å². The van der Waals surface area contributed by atoms with E-state index in [-0.39, 0.29) is 16.3 Å². The number of hydrogen-bond acceptors (Lipinski definition) is 5. The smallest absolute Gasteiger partial charge is 0.312 e. The van der Waals surface area contributed by atoms with Crippen molar-refractivity contribution in [2.45, 2.75) is 37.5 Å². The third-order valence-electron chi connectivity index (χ3n) is 4.46. The molecule has 7 nitrogen and oxygen atoms in total. The van der Waals surface area contributed by atoms with Gasteiger partial charge in [-0.3, -0.25) is 10.1 Å². The summed E-state index contributed by atoms with van der Waals surface area (Å²) in [5.74, 6) is 0.0353. The van der Waals surface area contributed by atoms with Crippen LogP contribution in [0, 0.1) is 10.1 Å². The van der Waals surface area contributed by atoms with Crippen molar-refractivity contribution in [2.24, 2.45) is 0 Å². The van der Waals surface area contributed by atoms with E-state index < -0.39 is 14.9 Å². The van der Waals surface area contributed by atoms with Crippen LogP contribution in [-0.4, -0.2) is 37.8 Å². The number of methoxy groups -OCH3 is 1. The van der Waals surface area contributed by atoms with E-state index in [4.69, 9.17) is 4.74 Å². The molecule has 28 heavy (non-hydrogen) atoms. The van der Waals surface area contributed by atoms with Crippen molar-refractivity contribution in [2.75, 3.05) is 20.2 Å². The lowest BCUT2D eigenvalue weighted by Crippen LogP contribution is -2.33. The molecule has 0 unspecified atom stereocenters. The van der Waals surface area contributed by atoms with Crippen molar-refractivity contribution in [1.82, 2.24) is 4.31 Å². The number of sulfonamides is 1. The highest BCUT2D eigenvalue weighted by Gasteiger charge is 2.27. The molecule has 152 valence electrons. The zero-order valence-electron chi connectivity index (χ0n) is 16.2. The van der Waals surface area contributed by atoms with Gasteiger partial charge >= 0.3 is 5.69 Å². The van der Waals surface area contributed by atoms with Gasteiger partial charge in [-0.15, -0.1) is 0 Å². The minimum absolute atomic E-state index is 0.0353. The van der Waals surface area contributed by atoms with Crippen LogP contribution in [0.5, 0.6) is 5.75 Å². The molecular weight excluding hydrogens is 380 g/mol. The zero-order chi connectivity index (χ0) is 20.6. The Labute approximate surface area is 166 Å². The summed E-state index contributed by atoms with van der Waals surface area (Å²) in [5.41, 5.74) is 0.790. The van der Waals surface area contributed by atoms with E-state index >= 15 is 0 Å². The number of nitro benzene ring substituents is 1. The van der Waals surface area contributed by atoms with Gasteiger partial charge < -0.3 is 4.74 Å². The summed E-state index contributed by atoms with van der Waals surface area (Å²) in [7, 11) is -2.52. The first-order valence-electron chi connectivity index (χ1n) is 9.26. The Kier molecular flexibility index (Phi) is 7.95. The fraction of sp³-hybridized carbons (Fsp3) is 0.400. The van der Waals surface area contributed by atoms with Crippen molar-refractivity contribution >= 4 is 15.7 Å². The highest BCUT2D eigenvalue weighted by Crippen LogP contribution is 2.30. The minimum atomic E-state index is -3.84. The Balaban J connectivity index is 2.23. The average molecular weight is 407 g/mol. The molecule has 0 fully saturated rings. The number of rotatable bonds is 11. The van der Waals surface area contributed by atoms with E-state index in [1.54, 1.807) is 0 Å². The third kappa shape index (κ3) is 5.53. The quantitative estimate of drug-likeness (QED) is 0.415. The van der Waals surface area contributed by atoms with Gasteiger partial charge in [0, 0.05) is 19.2 Å². The van der Waals surface area contributed by atoms with Crippen LogP contribution in [0.3, 0.4) is 0 Å². The van der Waals surface area contributed by atoms with Gasteiger partial charge in [0.15, 0.2) is 5.75 Å². The van der Waals surface area contributed by atoms with Crippen LogP contribution < -0.4 is 4.74 Å². The van der Waals surface area contributed by atoms with E-state index in [0.29, 0.717) is 19.5 Å². The molecule has 0 saturated heterocycles. The molecule has 0 N–H and O–H groups in total. The fourth-order valence-electron chi connectivity index (χ4n) is 2.91. The second-order valence-corrected chi connectivity index (χ2v) is 8.38. The largest absolute Gasteiger partial charge is 0.490 e. The Morgan fingerprint density at radius 3 is 2.36 bits per heavy atom. The maximum absolute atomic E-state index is 13.1. The number of hydrogen-bond donors (Lipinski definition) is 0. The summed E-state index contributed by atoms with van der Waals surface area (Å²) in [4.78, 5) is 10.5. The third-order valence-corrected chi connectivity index (χ3v) is 6.36. The van der Waals surface area contributed by atoms with Crippen molar-refractivity contribution in [3.8, 4) is 5.75 Å². The van der Waals surface area contributed by atoms with E-state index in [1.165, 1.54) is 23.5 Å². The second kappa shape index (κ2) is 10.2. The molecule has 0 heterocycles. The standard InChI is InChI=1S/C20H26N2O5S/c1-3-4-14-21(15-8-11-17-9-6-5-7-10-17)28(25,26)18-12-13-20(27-2)19(16-18)22(23)24/h5-7,9-10,12-13,16H,3-4,8,11,14-15H2,1-2H3. The number of nitrogens with zero attached hydrogens (tertiary/aromatic N) is 2. The molecule has 0 saturated carbocycles. The van der Waals surface area contributed by atoms with Crippen LogP contribution >= 0.6 is 0 Å². The molecule has 2 rings (SSSR count). The summed E-state index contributed by atoms with van der Waals surface area (Å²) >= 11 is 0. The molecule has 0 bridgehead atoms. The van der Waals surface area contributed by atoms with Gasteiger partial charge in [-0.05, 0) is 37.0 Å². The molecule has 2 aromatic carbocycles. The van der Waals surface area contributed by atoms with Gasteiger partial charge in [-0.1, -0.05) is 43.7 Å². The lowest BCUT2D eigenvalue weighted by atomic mass is 10.1. The number of unbranched alkanes of at least 4 members (excludes halogenated alkanes) is 1. The summed E-state index contributed by atoms with van der Waals surface area (Å²) in [6.45, 7) is 2.73. The molecule has 0 spiro atoms. The monoisotopic (exact) mass is 406 g/mol. The summed E-state index contributed by atoms with van der Waals surface area (Å²) in [5, 5.41) is 11.2. The van der Waals surface area contributed by atoms with Crippen molar-refractivity contribution in [3.05, 3.63) is 64.2 Å². The number of aryl methyl sites for hydroxylation is 1. The minimum Gasteiger partial charge on any atom is -0.490 e. The Bertz CT molecular complexity index is 885. The molecule has 0 radical (unpaired) electrons. The highest BCUT2D eigenvalue weighted by atomic mass is 32.2. The fourth-order valence-corrected chi connectivity index (χ4v) is 4.45. The van der Waals surface area contributed by atoms with Gasteiger partial charge in [-0.25, -0.2) is 8.42 Å². The predicted molar refractivity (Wildman–Crippen MR) is 108 cm³/mol.